The smallest absolute Gasteiger partial charge is 0.160 e. The minimum Gasteiger partial charge on any atom is -0.313 e. The number of nitrogens with one attached hydrogen (secondary N) is 6. The topological polar surface area (TPSA) is 213 Å². The Morgan fingerprint density at radius 3 is 0.418 bits per heavy atom. The Hall–Kier alpha value is -2.70. The maximum Gasteiger partial charge on any atom is 0.160 e. The molecule has 0 aromatic rings. The molecule has 6 heterocycles. The van der Waals surface area contributed by atoms with E-state index in [9.17, 15) is 28.8 Å². The number of piperazine rings is 6. The highest BCUT2D eigenvalue weighted by Crippen LogP contribution is 2.03. The molecule has 0 amide bonds. The third-order valence-corrected chi connectivity index (χ3v) is 14.2. The molecule has 6 rings (SSSR count). The van der Waals surface area contributed by atoms with Gasteiger partial charge in [0.1, 0.15) is 0 Å². The Kier molecular flexibility index (Phi) is 46.1. The summed E-state index contributed by atoms with van der Waals surface area (Å²) in [5, 5.41) is 17.3. The van der Waals surface area contributed by atoms with E-state index in [1.165, 1.54) is 0 Å². The van der Waals surface area contributed by atoms with Crippen molar-refractivity contribution in [2.75, 3.05) is 320 Å². The van der Waals surface area contributed by atoms with Crippen LogP contribution in [0.1, 0.15) is 7.43 Å². The number of carbonyl (C=O) groups is 6. The average molecular weight is 1130 g/mol. The summed E-state index contributed by atoms with van der Waals surface area (Å²) in [5.41, 5.74) is 0. The lowest BCUT2D eigenvalue weighted by Gasteiger charge is -2.31. The van der Waals surface area contributed by atoms with Gasteiger partial charge in [-0.05, 0) is 84.6 Å². The Balaban J connectivity index is 0.000000922. The maximum absolute atomic E-state index is 11.3. The Bertz CT molecular complexity index is 1280. The predicted molar refractivity (Wildman–Crippen MR) is 324 cm³/mol. The molecular weight excluding hydrogens is 1010 g/mol. The maximum atomic E-state index is 11.3. The molecule has 0 saturated carbocycles. The van der Waals surface area contributed by atoms with Crippen LogP contribution < -0.4 is 31.9 Å². The lowest BCUT2D eigenvalue weighted by Crippen LogP contribution is -2.47. The van der Waals surface area contributed by atoms with E-state index >= 15 is 0 Å². The molecule has 0 aliphatic carbocycles. The largest absolute Gasteiger partial charge is 0.313 e. The van der Waals surface area contributed by atoms with Crippen LogP contribution >= 0.6 is 0 Å². The molecule has 79 heavy (non-hydrogen) atoms. The van der Waals surface area contributed by atoms with Crippen molar-refractivity contribution < 1.29 is 28.8 Å². The van der Waals surface area contributed by atoms with Crippen LogP contribution in [0.15, 0.2) is 0 Å². The van der Waals surface area contributed by atoms with Gasteiger partial charge in [-0.2, -0.15) is 0 Å². The predicted octanol–water partition coefficient (Wildman–Crippen LogP) is -5.23. The Morgan fingerprint density at radius 2 is 0.329 bits per heavy atom. The monoisotopic (exact) mass is 1130 g/mol. The summed E-state index contributed by atoms with van der Waals surface area (Å²) in [5.74, 6) is 1.71. The first-order valence-electron chi connectivity index (χ1n) is 28.8. The standard InChI is InChI=1S/6C9H19N3O.CH4/c6*1-10-7-9(13)8-12-5-3-11(2)4-6-12;/h6*10H,3-8H2,1-2H3;1H4. The Morgan fingerprint density at radius 1 is 0.228 bits per heavy atom. The van der Waals surface area contributed by atoms with Gasteiger partial charge in [0.25, 0.3) is 0 Å². The van der Waals surface area contributed by atoms with Crippen molar-refractivity contribution >= 4 is 34.7 Å². The first-order chi connectivity index (χ1) is 37.3. The van der Waals surface area contributed by atoms with Crippen molar-refractivity contribution in [2.45, 2.75) is 7.43 Å². The second kappa shape index (κ2) is 47.8. The van der Waals surface area contributed by atoms with E-state index in [1.807, 2.05) is 42.3 Å². The van der Waals surface area contributed by atoms with Gasteiger partial charge in [0, 0.05) is 157 Å². The molecular formula is C55H118N18O6. The van der Waals surface area contributed by atoms with Crippen LogP contribution in [0.2, 0.25) is 0 Å². The van der Waals surface area contributed by atoms with Crippen LogP contribution in [0.3, 0.4) is 0 Å². The fraction of sp³-hybridized carbons (Fsp3) is 0.891. The van der Waals surface area contributed by atoms with Crippen LogP contribution in [0, 0.1) is 0 Å². The van der Waals surface area contributed by atoms with E-state index in [1.54, 1.807) is 0 Å². The van der Waals surface area contributed by atoms with Crippen LogP contribution in [0.25, 0.3) is 0 Å². The molecule has 0 aromatic heterocycles. The van der Waals surface area contributed by atoms with Gasteiger partial charge < -0.3 is 61.3 Å². The van der Waals surface area contributed by atoms with Gasteiger partial charge >= 0.3 is 0 Å². The van der Waals surface area contributed by atoms with Gasteiger partial charge in [0.15, 0.2) is 34.7 Å². The quantitative estimate of drug-likeness (QED) is 0.0533. The highest BCUT2D eigenvalue weighted by Gasteiger charge is 2.20. The number of ketones is 6. The van der Waals surface area contributed by atoms with Crippen molar-refractivity contribution in [2.24, 2.45) is 0 Å². The number of rotatable bonds is 24. The third kappa shape index (κ3) is 41.0. The molecule has 0 spiro atoms. The number of hydrogen-bond donors (Lipinski definition) is 6. The number of nitrogens with zero attached hydrogens (tertiary/aromatic N) is 12. The highest BCUT2D eigenvalue weighted by atomic mass is 16.1. The van der Waals surface area contributed by atoms with Gasteiger partial charge in [-0.3, -0.25) is 58.2 Å². The molecule has 24 heteroatoms. The number of hydrogen-bond acceptors (Lipinski definition) is 24. The molecule has 6 aliphatic rings. The zero-order valence-corrected chi connectivity index (χ0v) is 51.3. The second-order valence-corrected chi connectivity index (χ2v) is 21.9. The van der Waals surface area contributed by atoms with Crippen molar-refractivity contribution in [3.05, 3.63) is 0 Å². The molecule has 0 bridgehead atoms. The first-order valence-corrected chi connectivity index (χ1v) is 28.8. The van der Waals surface area contributed by atoms with Crippen molar-refractivity contribution in [3.8, 4) is 0 Å². The van der Waals surface area contributed by atoms with Gasteiger partial charge in [0.2, 0.25) is 0 Å². The van der Waals surface area contributed by atoms with Crippen molar-refractivity contribution in [3.63, 3.8) is 0 Å². The fourth-order valence-corrected chi connectivity index (χ4v) is 9.05. The lowest BCUT2D eigenvalue weighted by molar-refractivity contribution is -0.120. The van der Waals surface area contributed by atoms with Gasteiger partial charge in [-0.1, -0.05) is 7.43 Å². The zero-order valence-electron chi connectivity index (χ0n) is 51.3. The van der Waals surface area contributed by atoms with Crippen LogP contribution in [-0.2, 0) is 28.8 Å². The Labute approximate surface area is 480 Å². The molecule has 0 radical (unpaired) electrons. The summed E-state index contributed by atoms with van der Waals surface area (Å²) in [6.07, 6.45) is 0. The van der Waals surface area contributed by atoms with E-state index in [0.717, 1.165) is 157 Å². The summed E-state index contributed by atoms with van der Waals surface area (Å²) >= 11 is 0. The van der Waals surface area contributed by atoms with E-state index in [2.05, 4.69) is 133 Å². The molecule has 464 valence electrons. The normalized spacial score (nSPS) is 20.2. The number of Topliss-reactive ketones (excluding diaryl/α,β-unsaturated/α-hetero) is 6. The first kappa shape index (κ1) is 76.3. The van der Waals surface area contributed by atoms with E-state index in [-0.39, 0.29) is 42.1 Å². The summed E-state index contributed by atoms with van der Waals surface area (Å²) in [6.45, 7) is 31.7. The van der Waals surface area contributed by atoms with E-state index in [0.29, 0.717) is 78.5 Å². The molecule has 6 N–H and O–H groups in total. The van der Waals surface area contributed by atoms with Gasteiger partial charge in [-0.15, -0.1) is 0 Å². The number of carbonyl (C=O) groups excluding carboxylic acids is 6. The second-order valence-electron chi connectivity index (χ2n) is 21.9. The SMILES string of the molecule is C.CNCC(=O)CN1CCN(C)CC1.CNCC(=O)CN1CCN(C)CC1.CNCC(=O)CN1CCN(C)CC1.CNCC(=O)CN1CCN(C)CC1.CNCC(=O)CN1CCN(C)CC1.CNCC(=O)CN1CCN(C)CC1. The highest BCUT2D eigenvalue weighted by molar-refractivity contribution is 5.84. The number of likely N-dealkylation sites (N-methyl/N-ethyl adjacent to an activating group) is 12. The van der Waals surface area contributed by atoms with Crippen molar-refractivity contribution in [1.82, 2.24) is 90.7 Å². The van der Waals surface area contributed by atoms with Gasteiger partial charge in [-0.25, -0.2) is 0 Å². The van der Waals surface area contributed by atoms with Crippen LogP contribution in [0.4, 0.5) is 0 Å². The third-order valence-electron chi connectivity index (χ3n) is 14.2. The van der Waals surface area contributed by atoms with E-state index in [4.69, 9.17) is 0 Å². The minimum absolute atomic E-state index is 0. The summed E-state index contributed by atoms with van der Waals surface area (Å²) < 4.78 is 0. The van der Waals surface area contributed by atoms with Crippen LogP contribution in [-0.4, -0.2) is 414 Å². The molecule has 6 aliphatic heterocycles. The van der Waals surface area contributed by atoms with E-state index < -0.39 is 0 Å². The van der Waals surface area contributed by atoms with Crippen LogP contribution in [0.5, 0.6) is 0 Å². The van der Waals surface area contributed by atoms with Crippen molar-refractivity contribution in [1.29, 1.82) is 0 Å². The molecule has 6 fully saturated rings. The molecule has 0 atom stereocenters. The average Bonchev–Trinajstić information content (AvgIpc) is 3.40. The molecule has 24 nitrogen and oxygen atoms in total. The summed E-state index contributed by atoms with van der Waals surface area (Å²) in [7, 11) is 23.6. The zero-order chi connectivity index (χ0) is 58.1. The molecule has 6 saturated heterocycles. The molecule has 0 aromatic carbocycles. The van der Waals surface area contributed by atoms with Gasteiger partial charge in [0.05, 0.1) is 78.5 Å². The molecule has 0 unspecified atom stereocenters. The minimum atomic E-state index is 0. The summed E-state index contributed by atoms with van der Waals surface area (Å²) in [4.78, 5) is 94.7. The fourth-order valence-electron chi connectivity index (χ4n) is 9.05. The lowest BCUT2D eigenvalue weighted by atomic mass is 10.3. The summed E-state index contributed by atoms with van der Waals surface area (Å²) in [6, 6.07) is 0.